The Morgan fingerprint density at radius 3 is 2.60 bits per heavy atom. The van der Waals surface area contributed by atoms with Gasteiger partial charge in [0.15, 0.2) is 5.78 Å². The van der Waals surface area contributed by atoms with E-state index in [-0.39, 0.29) is 24.5 Å². The lowest BCUT2D eigenvalue weighted by atomic mass is 9.65. The summed E-state index contributed by atoms with van der Waals surface area (Å²) in [7, 11) is 0. The maximum absolute atomic E-state index is 12.1. The Hall–Kier alpha value is -2.17. The zero-order valence-corrected chi connectivity index (χ0v) is 10.9. The fourth-order valence-corrected chi connectivity index (χ4v) is 2.98. The van der Waals surface area contributed by atoms with Gasteiger partial charge in [-0.15, -0.1) is 0 Å². The molecular formula is C15H15NO4. The van der Waals surface area contributed by atoms with E-state index in [1.165, 1.54) is 0 Å². The normalized spacial score (nSPS) is 18.3. The van der Waals surface area contributed by atoms with Crippen molar-refractivity contribution in [3.8, 4) is 0 Å². The van der Waals surface area contributed by atoms with Crippen molar-refractivity contribution in [2.45, 2.75) is 37.5 Å². The third kappa shape index (κ3) is 1.81. The summed E-state index contributed by atoms with van der Waals surface area (Å²) >= 11 is 0. The molecule has 1 fully saturated rings. The van der Waals surface area contributed by atoms with Crippen LogP contribution in [-0.4, -0.2) is 22.8 Å². The highest BCUT2D eigenvalue weighted by molar-refractivity contribution is 6.08. The van der Waals surface area contributed by atoms with Gasteiger partial charge >= 0.3 is 5.97 Å². The van der Waals surface area contributed by atoms with Gasteiger partial charge in [-0.1, -0.05) is 6.42 Å². The van der Waals surface area contributed by atoms with E-state index < -0.39 is 11.4 Å². The van der Waals surface area contributed by atoms with Gasteiger partial charge in [-0.25, -0.2) is 0 Å². The van der Waals surface area contributed by atoms with Gasteiger partial charge in [0.25, 0.3) is 0 Å². The van der Waals surface area contributed by atoms with Crippen LogP contribution in [0.5, 0.6) is 0 Å². The van der Waals surface area contributed by atoms with Gasteiger partial charge in [0.05, 0.1) is 11.8 Å². The zero-order chi connectivity index (χ0) is 14.3. The number of Topliss-reactive ketones (excluding diaryl/α,β-unsaturated/α-hetero) is 1. The summed E-state index contributed by atoms with van der Waals surface area (Å²) in [6.07, 6.45) is 2.47. The van der Waals surface area contributed by atoms with E-state index >= 15 is 0 Å². The standard InChI is InChI=1S/C15H15NO4/c17-12(4-5-13(18)19)9-2-3-11-10(8-9)15(6-1-7-15)14(20)16-11/h2-3,8H,1,4-7H2,(H,16,20)(H,18,19). The van der Waals surface area contributed by atoms with Crippen molar-refractivity contribution in [2.24, 2.45) is 0 Å². The number of rotatable bonds is 4. The first-order valence-electron chi connectivity index (χ1n) is 6.74. The second kappa shape index (κ2) is 4.44. The van der Waals surface area contributed by atoms with E-state index in [2.05, 4.69) is 5.32 Å². The molecule has 0 atom stereocenters. The SMILES string of the molecule is O=C(O)CCC(=O)c1ccc2c(c1)C1(CCC1)C(=O)N2. The molecule has 0 bridgehead atoms. The van der Waals surface area contributed by atoms with Crippen LogP contribution in [0.15, 0.2) is 18.2 Å². The smallest absolute Gasteiger partial charge is 0.303 e. The Morgan fingerprint density at radius 1 is 1.25 bits per heavy atom. The van der Waals surface area contributed by atoms with Crippen LogP contribution in [0, 0.1) is 0 Å². The molecule has 1 aromatic rings. The first kappa shape index (κ1) is 12.8. The number of benzene rings is 1. The van der Waals surface area contributed by atoms with Crippen molar-refractivity contribution in [1.29, 1.82) is 0 Å². The number of fused-ring (bicyclic) bond motifs is 2. The number of carbonyl (C=O) groups is 3. The van der Waals surface area contributed by atoms with Gasteiger partial charge < -0.3 is 10.4 Å². The zero-order valence-electron chi connectivity index (χ0n) is 10.9. The van der Waals surface area contributed by atoms with Crippen molar-refractivity contribution in [3.05, 3.63) is 29.3 Å². The van der Waals surface area contributed by atoms with Crippen molar-refractivity contribution in [3.63, 3.8) is 0 Å². The van der Waals surface area contributed by atoms with Gasteiger partial charge in [-0.3, -0.25) is 14.4 Å². The summed E-state index contributed by atoms with van der Waals surface area (Å²) < 4.78 is 0. The lowest BCUT2D eigenvalue weighted by molar-refractivity contribution is -0.137. The molecule has 5 heteroatoms. The third-order valence-corrected chi connectivity index (χ3v) is 4.31. The Balaban J connectivity index is 1.88. The van der Waals surface area contributed by atoms with Crippen LogP contribution in [-0.2, 0) is 15.0 Å². The minimum absolute atomic E-state index is 0.0114. The first-order chi connectivity index (χ1) is 9.53. The molecule has 1 spiro atoms. The molecule has 104 valence electrons. The van der Waals surface area contributed by atoms with E-state index in [0.717, 1.165) is 30.5 Å². The second-order valence-corrected chi connectivity index (χ2v) is 5.47. The molecule has 3 rings (SSSR count). The van der Waals surface area contributed by atoms with Crippen molar-refractivity contribution in [2.75, 3.05) is 5.32 Å². The summed E-state index contributed by atoms with van der Waals surface area (Å²) in [4.78, 5) is 34.6. The molecule has 1 aliphatic carbocycles. The predicted octanol–water partition coefficient (Wildman–Crippen LogP) is 2.11. The summed E-state index contributed by atoms with van der Waals surface area (Å²) in [5, 5.41) is 11.5. The quantitative estimate of drug-likeness (QED) is 0.823. The average molecular weight is 273 g/mol. The Kier molecular flexibility index (Phi) is 2.85. The number of carboxylic acid groups (broad SMARTS) is 1. The van der Waals surface area contributed by atoms with E-state index in [0.29, 0.717) is 5.56 Å². The predicted molar refractivity (Wildman–Crippen MR) is 71.8 cm³/mol. The molecule has 0 saturated heterocycles. The van der Waals surface area contributed by atoms with Crippen LogP contribution in [0.3, 0.4) is 0 Å². The highest BCUT2D eigenvalue weighted by atomic mass is 16.4. The van der Waals surface area contributed by atoms with E-state index in [4.69, 9.17) is 5.11 Å². The van der Waals surface area contributed by atoms with Gasteiger partial charge in [-0.2, -0.15) is 0 Å². The number of nitrogens with one attached hydrogen (secondary N) is 1. The van der Waals surface area contributed by atoms with Gasteiger partial charge in [0.1, 0.15) is 0 Å². The first-order valence-corrected chi connectivity index (χ1v) is 6.74. The fraction of sp³-hybridized carbons (Fsp3) is 0.400. The number of hydrogen-bond acceptors (Lipinski definition) is 3. The lowest BCUT2D eigenvalue weighted by Gasteiger charge is -2.36. The molecule has 0 unspecified atom stereocenters. The number of ketones is 1. The molecule has 0 aromatic heterocycles. The Morgan fingerprint density at radius 2 is 2.00 bits per heavy atom. The van der Waals surface area contributed by atoms with Crippen LogP contribution in [0.1, 0.15) is 48.0 Å². The molecule has 0 radical (unpaired) electrons. The van der Waals surface area contributed by atoms with Gasteiger partial charge in [-0.05, 0) is 36.6 Å². The lowest BCUT2D eigenvalue weighted by Crippen LogP contribution is -2.40. The molecule has 2 N–H and O–H groups in total. The summed E-state index contributed by atoms with van der Waals surface area (Å²) in [5.74, 6) is -1.15. The van der Waals surface area contributed by atoms with Gasteiger partial charge in [0.2, 0.25) is 5.91 Å². The molecule has 1 amide bonds. The van der Waals surface area contributed by atoms with Crippen molar-refractivity contribution >= 4 is 23.3 Å². The third-order valence-electron chi connectivity index (χ3n) is 4.31. The van der Waals surface area contributed by atoms with Crippen LogP contribution in [0.25, 0.3) is 0 Å². The van der Waals surface area contributed by atoms with E-state index in [1.807, 2.05) is 0 Å². The molecule has 1 aromatic carbocycles. The molecule has 2 aliphatic rings. The monoisotopic (exact) mass is 273 g/mol. The summed E-state index contributed by atoms with van der Waals surface area (Å²) in [5.41, 5.74) is 1.73. The molecular weight excluding hydrogens is 258 g/mol. The van der Waals surface area contributed by atoms with Crippen LogP contribution in [0.4, 0.5) is 5.69 Å². The maximum Gasteiger partial charge on any atom is 0.303 e. The van der Waals surface area contributed by atoms with E-state index in [9.17, 15) is 14.4 Å². The second-order valence-electron chi connectivity index (χ2n) is 5.47. The number of carboxylic acids is 1. The van der Waals surface area contributed by atoms with Crippen LogP contribution < -0.4 is 5.32 Å². The number of hydrogen-bond donors (Lipinski definition) is 2. The van der Waals surface area contributed by atoms with Crippen molar-refractivity contribution < 1.29 is 19.5 Å². The van der Waals surface area contributed by atoms with Crippen LogP contribution in [0.2, 0.25) is 0 Å². The maximum atomic E-state index is 12.1. The fourth-order valence-electron chi connectivity index (χ4n) is 2.98. The number of amides is 1. The van der Waals surface area contributed by atoms with Crippen molar-refractivity contribution in [1.82, 2.24) is 0 Å². The number of anilines is 1. The minimum Gasteiger partial charge on any atom is -0.481 e. The summed E-state index contributed by atoms with van der Waals surface area (Å²) in [6, 6.07) is 5.16. The molecule has 1 saturated carbocycles. The average Bonchev–Trinajstić information content (AvgIpc) is 2.66. The molecule has 1 aliphatic heterocycles. The largest absolute Gasteiger partial charge is 0.481 e. The number of carbonyl (C=O) groups excluding carboxylic acids is 2. The van der Waals surface area contributed by atoms with Crippen LogP contribution >= 0.6 is 0 Å². The Bertz CT molecular complexity index is 616. The molecule has 1 heterocycles. The summed E-state index contributed by atoms with van der Waals surface area (Å²) in [6.45, 7) is 0. The Labute approximate surface area is 116 Å². The minimum atomic E-state index is -0.980. The van der Waals surface area contributed by atoms with Gasteiger partial charge in [0, 0.05) is 17.7 Å². The highest BCUT2D eigenvalue weighted by Crippen LogP contribution is 2.51. The topological polar surface area (TPSA) is 83.5 Å². The molecule has 5 nitrogen and oxygen atoms in total. The number of aliphatic carboxylic acids is 1. The van der Waals surface area contributed by atoms with E-state index in [1.54, 1.807) is 18.2 Å². The molecule has 20 heavy (non-hydrogen) atoms. The highest BCUT2D eigenvalue weighted by Gasteiger charge is 2.51.